The molecule has 96 valence electrons. The van der Waals surface area contributed by atoms with Crippen molar-refractivity contribution in [3.05, 3.63) is 22.2 Å². The van der Waals surface area contributed by atoms with Crippen molar-refractivity contribution in [3.63, 3.8) is 0 Å². The highest BCUT2D eigenvalue weighted by Gasteiger charge is 2.39. The molecule has 0 spiro atoms. The monoisotopic (exact) mass is 245 g/mol. The Hall–Kier alpha value is -1.32. The van der Waals surface area contributed by atoms with E-state index in [9.17, 15) is 4.79 Å². The van der Waals surface area contributed by atoms with Gasteiger partial charge in [-0.2, -0.15) is 0 Å². The van der Waals surface area contributed by atoms with Gasteiger partial charge in [-0.15, -0.1) is 0 Å². The Balaban J connectivity index is 1.55. The summed E-state index contributed by atoms with van der Waals surface area (Å²) in [6.07, 6.45) is 7.72. The van der Waals surface area contributed by atoms with Crippen LogP contribution in [0.5, 0.6) is 0 Å². The zero-order chi connectivity index (χ0) is 12.1. The average Bonchev–Trinajstić information content (AvgIpc) is 3.00. The molecule has 2 bridgehead atoms. The van der Waals surface area contributed by atoms with Crippen LogP contribution in [-0.2, 0) is 0 Å². The third kappa shape index (κ3) is 1.84. The van der Waals surface area contributed by atoms with Crippen molar-refractivity contribution >= 4 is 5.82 Å². The van der Waals surface area contributed by atoms with E-state index in [4.69, 9.17) is 0 Å². The summed E-state index contributed by atoms with van der Waals surface area (Å²) in [5.41, 5.74) is -0.0162. The lowest BCUT2D eigenvalue weighted by molar-refractivity contribution is 0.438. The van der Waals surface area contributed by atoms with E-state index in [-0.39, 0.29) is 5.56 Å². The summed E-state index contributed by atoms with van der Waals surface area (Å²) in [4.78, 5) is 19.1. The molecule has 1 aromatic heterocycles. The van der Waals surface area contributed by atoms with Gasteiger partial charge >= 0.3 is 0 Å². The first-order chi connectivity index (χ1) is 8.78. The molecule has 3 atom stereocenters. The van der Waals surface area contributed by atoms with Gasteiger partial charge in [0.05, 0.1) is 0 Å². The van der Waals surface area contributed by atoms with Crippen molar-refractivity contribution in [2.45, 2.75) is 50.5 Å². The van der Waals surface area contributed by atoms with Crippen molar-refractivity contribution in [2.75, 3.05) is 5.32 Å². The SMILES string of the molecule is O=c1cc(NC2CC3CCC2C3)nc(C2CC2)[nH]1. The number of rotatable bonds is 3. The topological polar surface area (TPSA) is 57.8 Å². The summed E-state index contributed by atoms with van der Waals surface area (Å²) in [7, 11) is 0. The molecule has 2 N–H and O–H groups in total. The number of aromatic nitrogens is 2. The molecular weight excluding hydrogens is 226 g/mol. The molecular formula is C14H19N3O. The second kappa shape index (κ2) is 3.84. The van der Waals surface area contributed by atoms with Crippen LogP contribution in [-0.4, -0.2) is 16.0 Å². The molecule has 3 aliphatic rings. The van der Waals surface area contributed by atoms with E-state index in [0.717, 1.165) is 23.5 Å². The second-order valence-corrected chi connectivity index (χ2v) is 6.22. The fraction of sp³-hybridized carbons (Fsp3) is 0.714. The van der Waals surface area contributed by atoms with Crippen LogP contribution >= 0.6 is 0 Å². The number of fused-ring (bicyclic) bond motifs is 2. The molecule has 0 radical (unpaired) electrons. The molecule has 0 aliphatic heterocycles. The molecule has 0 amide bonds. The van der Waals surface area contributed by atoms with E-state index in [1.165, 1.54) is 38.5 Å². The number of hydrogen-bond acceptors (Lipinski definition) is 3. The third-order valence-corrected chi connectivity index (χ3v) is 4.80. The molecule has 0 aromatic carbocycles. The standard InChI is InChI=1S/C14H19N3O/c18-13-7-12(16-14(17-13)9-3-4-9)15-11-6-8-1-2-10(11)5-8/h7-11H,1-6H2,(H2,15,16,17,18). The van der Waals surface area contributed by atoms with Crippen LogP contribution in [0.3, 0.4) is 0 Å². The Labute approximate surface area is 106 Å². The van der Waals surface area contributed by atoms with Crippen LogP contribution in [0.4, 0.5) is 5.82 Å². The molecule has 1 heterocycles. The lowest BCUT2D eigenvalue weighted by Gasteiger charge is -2.23. The van der Waals surface area contributed by atoms with Gasteiger partial charge in [-0.1, -0.05) is 6.42 Å². The molecule has 4 heteroatoms. The lowest BCUT2D eigenvalue weighted by atomic mass is 9.95. The largest absolute Gasteiger partial charge is 0.367 e. The summed E-state index contributed by atoms with van der Waals surface area (Å²) in [6.45, 7) is 0. The van der Waals surface area contributed by atoms with Gasteiger partial charge in [0.2, 0.25) is 0 Å². The van der Waals surface area contributed by atoms with Gasteiger partial charge in [0.1, 0.15) is 11.6 Å². The van der Waals surface area contributed by atoms with Gasteiger partial charge in [-0.3, -0.25) is 4.79 Å². The minimum absolute atomic E-state index is 0.0162. The zero-order valence-electron chi connectivity index (χ0n) is 10.5. The zero-order valence-corrected chi connectivity index (χ0v) is 10.5. The van der Waals surface area contributed by atoms with Gasteiger partial charge in [-0.05, 0) is 43.9 Å². The smallest absolute Gasteiger partial charge is 0.252 e. The molecule has 1 aromatic rings. The highest BCUT2D eigenvalue weighted by atomic mass is 16.1. The number of aromatic amines is 1. The van der Waals surface area contributed by atoms with Gasteiger partial charge < -0.3 is 10.3 Å². The minimum Gasteiger partial charge on any atom is -0.367 e. The Bertz CT molecular complexity index is 520. The Kier molecular flexibility index (Phi) is 2.26. The van der Waals surface area contributed by atoms with Crippen molar-refractivity contribution < 1.29 is 0 Å². The molecule has 0 saturated heterocycles. The van der Waals surface area contributed by atoms with Crippen molar-refractivity contribution in [1.82, 2.24) is 9.97 Å². The average molecular weight is 245 g/mol. The van der Waals surface area contributed by atoms with E-state index in [1.54, 1.807) is 6.07 Å². The predicted octanol–water partition coefficient (Wildman–Crippen LogP) is 2.25. The van der Waals surface area contributed by atoms with E-state index in [2.05, 4.69) is 15.3 Å². The van der Waals surface area contributed by atoms with Gasteiger partial charge in [0.25, 0.3) is 5.56 Å². The summed E-state index contributed by atoms with van der Waals surface area (Å²) < 4.78 is 0. The molecule has 3 unspecified atom stereocenters. The third-order valence-electron chi connectivity index (χ3n) is 4.80. The van der Waals surface area contributed by atoms with Gasteiger partial charge in [0.15, 0.2) is 0 Å². The lowest BCUT2D eigenvalue weighted by Crippen LogP contribution is -2.27. The van der Waals surface area contributed by atoms with Crippen LogP contribution in [0.15, 0.2) is 10.9 Å². The van der Waals surface area contributed by atoms with Crippen molar-refractivity contribution in [2.24, 2.45) is 11.8 Å². The fourth-order valence-electron chi connectivity index (χ4n) is 3.71. The van der Waals surface area contributed by atoms with Crippen molar-refractivity contribution in [3.8, 4) is 0 Å². The van der Waals surface area contributed by atoms with Crippen molar-refractivity contribution in [1.29, 1.82) is 0 Å². The number of nitrogens with one attached hydrogen (secondary N) is 2. The molecule has 4 nitrogen and oxygen atoms in total. The maximum absolute atomic E-state index is 11.6. The number of H-pyrrole nitrogens is 1. The quantitative estimate of drug-likeness (QED) is 0.858. The van der Waals surface area contributed by atoms with E-state index in [1.807, 2.05) is 0 Å². The van der Waals surface area contributed by atoms with Crippen LogP contribution in [0.1, 0.15) is 50.3 Å². The first kappa shape index (κ1) is 10.6. The van der Waals surface area contributed by atoms with Crippen LogP contribution < -0.4 is 10.9 Å². The first-order valence-electron chi connectivity index (χ1n) is 7.16. The molecule has 3 fully saturated rings. The summed E-state index contributed by atoms with van der Waals surface area (Å²) in [5, 5.41) is 3.51. The summed E-state index contributed by atoms with van der Waals surface area (Å²) in [6, 6.07) is 2.16. The van der Waals surface area contributed by atoms with E-state index >= 15 is 0 Å². The number of nitrogens with zero attached hydrogens (tertiary/aromatic N) is 1. The highest BCUT2D eigenvalue weighted by Crippen LogP contribution is 2.45. The summed E-state index contributed by atoms with van der Waals surface area (Å²) in [5.74, 6) is 3.89. The Morgan fingerprint density at radius 3 is 2.78 bits per heavy atom. The normalized spacial score (nSPS) is 33.9. The molecule has 18 heavy (non-hydrogen) atoms. The minimum atomic E-state index is -0.0162. The van der Waals surface area contributed by atoms with Crippen LogP contribution in [0.2, 0.25) is 0 Å². The second-order valence-electron chi connectivity index (χ2n) is 6.22. The number of anilines is 1. The Morgan fingerprint density at radius 2 is 2.11 bits per heavy atom. The van der Waals surface area contributed by atoms with Gasteiger partial charge in [0, 0.05) is 18.0 Å². The maximum atomic E-state index is 11.6. The molecule has 3 saturated carbocycles. The highest BCUT2D eigenvalue weighted by molar-refractivity contribution is 5.36. The van der Waals surface area contributed by atoms with Crippen LogP contribution in [0.25, 0.3) is 0 Å². The molecule has 4 rings (SSSR count). The van der Waals surface area contributed by atoms with Gasteiger partial charge in [-0.25, -0.2) is 4.98 Å². The fourth-order valence-corrected chi connectivity index (χ4v) is 3.71. The summed E-state index contributed by atoms with van der Waals surface area (Å²) >= 11 is 0. The predicted molar refractivity (Wildman–Crippen MR) is 69.7 cm³/mol. The number of hydrogen-bond donors (Lipinski definition) is 2. The first-order valence-corrected chi connectivity index (χ1v) is 7.16. The van der Waals surface area contributed by atoms with E-state index in [0.29, 0.717) is 12.0 Å². The maximum Gasteiger partial charge on any atom is 0.252 e. The van der Waals surface area contributed by atoms with Crippen LogP contribution in [0, 0.1) is 11.8 Å². The Morgan fingerprint density at radius 1 is 1.22 bits per heavy atom. The van der Waals surface area contributed by atoms with E-state index < -0.39 is 0 Å². The molecule has 3 aliphatic carbocycles.